The normalized spacial score (nSPS) is 11.0. The molecule has 0 unspecified atom stereocenters. The summed E-state index contributed by atoms with van der Waals surface area (Å²) in [5, 5.41) is 12.8. The minimum Gasteiger partial charge on any atom is -0.478 e. The van der Waals surface area contributed by atoms with Crippen molar-refractivity contribution in [1.29, 1.82) is 0 Å². The first-order chi connectivity index (χ1) is 10.3. The van der Waals surface area contributed by atoms with Crippen LogP contribution >= 0.6 is 0 Å². The van der Waals surface area contributed by atoms with Crippen molar-refractivity contribution in [2.75, 3.05) is 7.05 Å². The third-order valence-corrected chi connectivity index (χ3v) is 3.26. The second-order valence-corrected chi connectivity index (χ2v) is 5.42. The summed E-state index contributed by atoms with van der Waals surface area (Å²) in [5.74, 6) is 0.121. The summed E-state index contributed by atoms with van der Waals surface area (Å²) in [4.78, 5) is 24.6. The van der Waals surface area contributed by atoms with Gasteiger partial charge in [-0.3, -0.25) is 4.79 Å². The van der Waals surface area contributed by atoms with Gasteiger partial charge in [0.2, 0.25) is 0 Å². The van der Waals surface area contributed by atoms with Crippen molar-refractivity contribution in [1.82, 2.24) is 10.1 Å². The molecule has 22 heavy (non-hydrogen) atoms. The van der Waals surface area contributed by atoms with Crippen molar-refractivity contribution in [2.45, 2.75) is 33.2 Å². The molecular weight excluding hydrogens is 288 g/mol. The number of nitrogens with zero attached hydrogens (tertiary/aromatic N) is 2. The van der Waals surface area contributed by atoms with Crippen molar-refractivity contribution in [3.8, 4) is 0 Å². The maximum atomic E-state index is 12.3. The zero-order chi connectivity index (χ0) is 16.4. The molecule has 0 bridgehead atoms. The van der Waals surface area contributed by atoms with Gasteiger partial charge in [0, 0.05) is 19.0 Å². The van der Waals surface area contributed by atoms with Crippen LogP contribution in [0.5, 0.6) is 0 Å². The number of carboxylic acids is 1. The van der Waals surface area contributed by atoms with Gasteiger partial charge in [-0.1, -0.05) is 19.0 Å². The van der Waals surface area contributed by atoms with Crippen molar-refractivity contribution in [3.05, 3.63) is 40.7 Å². The van der Waals surface area contributed by atoms with Gasteiger partial charge in [0.15, 0.2) is 5.69 Å². The van der Waals surface area contributed by atoms with E-state index < -0.39 is 5.97 Å². The molecule has 0 atom stereocenters. The first kappa shape index (κ1) is 15.8. The van der Waals surface area contributed by atoms with Crippen molar-refractivity contribution in [2.24, 2.45) is 0 Å². The summed E-state index contributed by atoms with van der Waals surface area (Å²) in [6.07, 6.45) is 0. The summed E-state index contributed by atoms with van der Waals surface area (Å²) >= 11 is 0. The number of aryl methyl sites for hydroxylation is 1. The van der Waals surface area contributed by atoms with E-state index in [-0.39, 0.29) is 29.6 Å². The molecule has 2 aromatic rings. The number of rotatable bonds is 5. The van der Waals surface area contributed by atoms with Crippen LogP contribution in [0.25, 0.3) is 0 Å². The zero-order valence-corrected chi connectivity index (χ0v) is 12.9. The molecule has 0 aromatic carbocycles. The molecule has 0 saturated carbocycles. The molecule has 0 fully saturated rings. The first-order valence-corrected chi connectivity index (χ1v) is 6.84. The lowest BCUT2D eigenvalue weighted by atomic mass is 10.1. The van der Waals surface area contributed by atoms with E-state index in [2.05, 4.69) is 5.16 Å². The second-order valence-electron chi connectivity index (χ2n) is 5.42. The van der Waals surface area contributed by atoms with E-state index in [1.807, 2.05) is 13.8 Å². The predicted octanol–water partition coefficient (Wildman–Crippen LogP) is 2.67. The molecule has 0 saturated heterocycles. The molecule has 1 N–H and O–H groups in total. The highest BCUT2D eigenvalue weighted by Crippen LogP contribution is 2.18. The topological polar surface area (TPSA) is 96.8 Å². The van der Waals surface area contributed by atoms with Crippen LogP contribution in [0.4, 0.5) is 0 Å². The largest absolute Gasteiger partial charge is 0.478 e. The fourth-order valence-electron chi connectivity index (χ4n) is 2.00. The molecule has 0 aliphatic rings. The number of furan rings is 1. The molecule has 0 spiro atoms. The second kappa shape index (κ2) is 6.05. The highest BCUT2D eigenvalue weighted by molar-refractivity contribution is 5.92. The van der Waals surface area contributed by atoms with Crippen LogP contribution in [-0.4, -0.2) is 34.1 Å². The van der Waals surface area contributed by atoms with Crippen LogP contribution < -0.4 is 0 Å². The SMILES string of the molecule is Cc1oc(CN(C)C(=O)c2cc(C(C)C)on2)cc1C(=O)O. The first-order valence-electron chi connectivity index (χ1n) is 6.84. The Bertz CT molecular complexity index is 699. The molecule has 0 aliphatic heterocycles. The Labute approximate surface area is 127 Å². The summed E-state index contributed by atoms with van der Waals surface area (Å²) in [5.41, 5.74) is 0.312. The van der Waals surface area contributed by atoms with E-state index in [4.69, 9.17) is 14.0 Å². The maximum absolute atomic E-state index is 12.3. The van der Waals surface area contributed by atoms with E-state index in [0.717, 1.165) is 0 Å². The van der Waals surface area contributed by atoms with Gasteiger partial charge in [-0.15, -0.1) is 0 Å². The van der Waals surface area contributed by atoms with E-state index in [9.17, 15) is 9.59 Å². The molecule has 7 heteroatoms. The minimum absolute atomic E-state index is 0.0966. The van der Waals surface area contributed by atoms with Gasteiger partial charge >= 0.3 is 5.97 Å². The predicted molar refractivity (Wildman–Crippen MR) is 76.8 cm³/mol. The third kappa shape index (κ3) is 3.19. The van der Waals surface area contributed by atoms with Crippen LogP contribution in [-0.2, 0) is 6.54 Å². The minimum atomic E-state index is -1.06. The number of hydrogen-bond acceptors (Lipinski definition) is 5. The summed E-state index contributed by atoms with van der Waals surface area (Å²) in [6, 6.07) is 3.03. The number of amides is 1. The maximum Gasteiger partial charge on any atom is 0.339 e. The fourth-order valence-corrected chi connectivity index (χ4v) is 2.00. The highest BCUT2D eigenvalue weighted by atomic mass is 16.5. The number of hydrogen-bond donors (Lipinski definition) is 1. The number of aromatic nitrogens is 1. The zero-order valence-electron chi connectivity index (χ0n) is 12.9. The van der Waals surface area contributed by atoms with E-state index in [1.165, 1.54) is 11.0 Å². The van der Waals surface area contributed by atoms with Gasteiger partial charge in [-0.2, -0.15) is 0 Å². The molecule has 2 rings (SSSR count). The van der Waals surface area contributed by atoms with Gasteiger partial charge in [0.25, 0.3) is 5.91 Å². The Kier molecular flexibility index (Phi) is 4.35. The Balaban J connectivity index is 2.10. The number of aromatic carboxylic acids is 1. The number of carbonyl (C=O) groups is 2. The molecule has 0 radical (unpaired) electrons. The smallest absolute Gasteiger partial charge is 0.339 e. The lowest BCUT2D eigenvalue weighted by Gasteiger charge is -2.13. The summed E-state index contributed by atoms with van der Waals surface area (Å²) in [6.45, 7) is 5.60. The average Bonchev–Trinajstić information content (AvgIpc) is 3.04. The van der Waals surface area contributed by atoms with E-state index in [0.29, 0.717) is 17.3 Å². The standard InChI is InChI=1S/C15H18N2O5/c1-8(2)13-6-12(16-22-13)14(18)17(4)7-10-5-11(15(19)20)9(3)21-10/h5-6,8H,7H2,1-4H3,(H,19,20). The van der Waals surface area contributed by atoms with Crippen molar-refractivity contribution in [3.63, 3.8) is 0 Å². The van der Waals surface area contributed by atoms with Crippen LogP contribution in [0.2, 0.25) is 0 Å². The fraction of sp³-hybridized carbons (Fsp3) is 0.400. The molecule has 7 nitrogen and oxygen atoms in total. The molecule has 2 aromatic heterocycles. The molecule has 118 valence electrons. The Morgan fingerprint density at radius 1 is 1.36 bits per heavy atom. The van der Waals surface area contributed by atoms with Gasteiger partial charge < -0.3 is 18.9 Å². The van der Waals surface area contributed by atoms with Gasteiger partial charge in [0.05, 0.1) is 6.54 Å². The van der Waals surface area contributed by atoms with Crippen LogP contribution in [0.1, 0.15) is 57.9 Å². The quantitative estimate of drug-likeness (QED) is 0.912. The van der Waals surface area contributed by atoms with Crippen molar-refractivity contribution >= 4 is 11.9 Å². The van der Waals surface area contributed by atoms with Crippen LogP contribution in [0.3, 0.4) is 0 Å². The van der Waals surface area contributed by atoms with Gasteiger partial charge in [0.1, 0.15) is 22.8 Å². The Morgan fingerprint density at radius 2 is 2.05 bits per heavy atom. The lowest BCUT2D eigenvalue weighted by molar-refractivity contribution is 0.0694. The van der Waals surface area contributed by atoms with Gasteiger partial charge in [-0.05, 0) is 13.0 Å². The highest BCUT2D eigenvalue weighted by Gasteiger charge is 2.21. The number of carbonyl (C=O) groups excluding carboxylic acids is 1. The van der Waals surface area contributed by atoms with Crippen molar-refractivity contribution < 1.29 is 23.6 Å². The Morgan fingerprint density at radius 3 is 2.55 bits per heavy atom. The van der Waals surface area contributed by atoms with E-state index in [1.54, 1.807) is 20.0 Å². The average molecular weight is 306 g/mol. The van der Waals surface area contributed by atoms with Gasteiger partial charge in [-0.25, -0.2) is 4.79 Å². The lowest BCUT2D eigenvalue weighted by Crippen LogP contribution is -2.26. The summed E-state index contributed by atoms with van der Waals surface area (Å²) in [7, 11) is 1.59. The van der Waals surface area contributed by atoms with Crippen LogP contribution in [0, 0.1) is 6.92 Å². The molecule has 0 aliphatic carbocycles. The van der Waals surface area contributed by atoms with E-state index >= 15 is 0 Å². The molecule has 2 heterocycles. The number of carboxylic acid groups (broad SMARTS) is 1. The summed E-state index contributed by atoms with van der Waals surface area (Å²) < 4.78 is 10.5. The molecular formula is C15H18N2O5. The van der Waals surface area contributed by atoms with Crippen LogP contribution in [0.15, 0.2) is 21.1 Å². The Hall–Kier alpha value is -2.57. The third-order valence-electron chi connectivity index (χ3n) is 3.26. The molecule has 1 amide bonds. The monoisotopic (exact) mass is 306 g/mol.